The van der Waals surface area contributed by atoms with Crippen molar-refractivity contribution in [3.63, 3.8) is 0 Å². The number of rotatable bonds is 6. The first-order valence-electron chi connectivity index (χ1n) is 7.85. The second-order valence-electron chi connectivity index (χ2n) is 6.69. The molecular weight excluding hydrogens is 224 g/mol. The minimum Gasteiger partial charge on any atom is -0.381 e. The Morgan fingerprint density at radius 1 is 1.00 bits per heavy atom. The lowest BCUT2D eigenvalue weighted by atomic mass is 9.87. The third-order valence-corrected chi connectivity index (χ3v) is 5.04. The average molecular weight is 252 g/mol. The SMILES string of the molecule is NCC1(N(CC2CC2)CC2CC2)CCCOCC1. The van der Waals surface area contributed by atoms with E-state index in [1.165, 1.54) is 51.6 Å². The van der Waals surface area contributed by atoms with Crippen LogP contribution in [-0.2, 0) is 4.74 Å². The van der Waals surface area contributed by atoms with Gasteiger partial charge in [0.1, 0.15) is 0 Å². The number of nitrogens with two attached hydrogens (primary N) is 1. The molecule has 0 radical (unpaired) electrons. The topological polar surface area (TPSA) is 38.5 Å². The molecule has 1 unspecified atom stereocenters. The van der Waals surface area contributed by atoms with Crippen LogP contribution in [0.3, 0.4) is 0 Å². The number of nitrogens with zero attached hydrogens (tertiary/aromatic N) is 1. The van der Waals surface area contributed by atoms with Gasteiger partial charge in [0.25, 0.3) is 0 Å². The Morgan fingerprint density at radius 3 is 2.22 bits per heavy atom. The molecule has 3 nitrogen and oxygen atoms in total. The van der Waals surface area contributed by atoms with Crippen LogP contribution in [0.2, 0.25) is 0 Å². The molecule has 0 spiro atoms. The number of ether oxygens (including phenoxy) is 1. The van der Waals surface area contributed by atoms with Crippen LogP contribution in [0.4, 0.5) is 0 Å². The van der Waals surface area contributed by atoms with Crippen molar-refractivity contribution in [3.8, 4) is 0 Å². The van der Waals surface area contributed by atoms with Crippen molar-refractivity contribution < 1.29 is 4.74 Å². The molecule has 1 aliphatic heterocycles. The van der Waals surface area contributed by atoms with Crippen LogP contribution >= 0.6 is 0 Å². The normalized spacial score (nSPS) is 33.7. The average Bonchev–Trinajstić information content (AvgIpc) is 3.24. The molecule has 18 heavy (non-hydrogen) atoms. The van der Waals surface area contributed by atoms with Crippen molar-refractivity contribution in [2.75, 3.05) is 32.8 Å². The Hall–Kier alpha value is -0.120. The fourth-order valence-corrected chi connectivity index (χ4v) is 3.33. The molecule has 2 N–H and O–H groups in total. The molecule has 0 aromatic carbocycles. The predicted octanol–water partition coefficient (Wildman–Crippen LogP) is 2.01. The zero-order valence-electron chi connectivity index (χ0n) is 11.6. The van der Waals surface area contributed by atoms with Gasteiger partial charge in [-0.25, -0.2) is 0 Å². The second kappa shape index (κ2) is 5.48. The summed E-state index contributed by atoms with van der Waals surface area (Å²) >= 11 is 0. The van der Waals surface area contributed by atoms with Gasteiger partial charge >= 0.3 is 0 Å². The third-order valence-electron chi connectivity index (χ3n) is 5.04. The fourth-order valence-electron chi connectivity index (χ4n) is 3.33. The van der Waals surface area contributed by atoms with Crippen LogP contribution in [0.25, 0.3) is 0 Å². The highest BCUT2D eigenvalue weighted by molar-refractivity contribution is 4.97. The first-order chi connectivity index (χ1) is 8.82. The highest BCUT2D eigenvalue weighted by Crippen LogP contribution is 2.39. The van der Waals surface area contributed by atoms with Crippen molar-refractivity contribution in [1.82, 2.24) is 4.90 Å². The number of hydrogen-bond acceptors (Lipinski definition) is 3. The minimum absolute atomic E-state index is 0.252. The molecule has 3 aliphatic rings. The molecule has 0 amide bonds. The van der Waals surface area contributed by atoms with E-state index in [4.69, 9.17) is 10.5 Å². The van der Waals surface area contributed by atoms with Crippen molar-refractivity contribution >= 4 is 0 Å². The Morgan fingerprint density at radius 2 is 1.67 bits per heavy atom. The summed E-state index contributed by atoms with van der Waals surface area (Å²) < 4.78 is 5.66. The van der Waals surface area contributed by atoms with E-state index in [0.717, 1.165) is 38.0 Å². The Labute approximate surface area is 111 Å². The van der Waals surface area contributed by atoms with E-state index in [1.807, 2.05) is 0 Å². The summed E-state index contributed by atoms with van der Waals surface area (Å²) in [5.41, 5.74) is 6.46. The van der Waals surface area contributed by atoms with Crippen molar-refractivity contribution in [2.24, 2.45) is 17.6 Å². The molecule has 2 aliphatic carbocycles. The smallest absolute Gasteiger partial charge is 0.0484 e. The molecule has 3 rings (SSSR count). The van der Waals surface area contributed by atoms with Crippen LogP contribution < -0.4 is 5.73 Å². The first kappa shape index (κ1) is 12.9. The molecule has 0 aromatic rings. The molecule has 3 fully saturated rings. The minimum atomic E-state index is 0.252. The number of hydrogen-bond donors (Lipinski definition) is 1. The van der Waals surface area contributed by atoms with Gasteiger partial charge < -0.3 is 10.5 Å². The third kappa shape index (κ3) is 3.06. The first-order valence-corrected chi connectivity index (χ1v) is 7.85. The van der Waals surface area contributed by atoms with E-state index in [1.54, 1.807) is 0 Å². The highest BCUT2D eigenvalue weighted by Gasteiger charge is 2.41. The summed E-state index contributed by atoms with van der Waals surface area (Å²) in [5, 5.41) is 0. The van der Waals surface area contributed by atoms with Gasteiger partial charge in [0.05, 0.1) is 0 Å². The molecule has 2 saturated carbocycles. The summed E-state index contributed by atoms with van der Waals surface area (Å²) in [5.74, 6) is 1.94. The Balaban J connectivity index is 1.69. The van der Waals surface area contributed by atoms with E-state index >= 15 is 0 Å². The van der Waals surface area contributed by atoms with Crippen LogP contribution in [-0.4, -0.2) is 43.3 Å². The van der Waals surface area contributed by atoms with E-state index in [2.05, 4.69) is 4.90 Å². The molecule has 3 heteroatoms. The molecule has 1 saturated heterocycles. The molecule has 104 valence electrons. The standard InChI is InChI=1S/C15H28N2O/c16-12-15(6-1-8-18-9-7-15)17(10-13-2-3-13)11-14-4-5-14/h13-14H,1-12,16H2. The zero-order valence-corrected chi connectivity index (χ0v) is 11.6. The lowest BCUT2D eigenvalue weighted by Crippen LogP contribution is -2.55. The summed E-state index contributed by atoms with van der Waals surface area (Å²) in [6, 6.07) is 0. The predicted molar refractivity (Wildman–Crippen MR) is 73.5 cm³/mol. The van der Waals surface area contributed by atoms with Gasteiger partial charge in [-0.1, -0.05) is 0 Å². The summed E-state index contributed by atoms with van der Waals surface area (Å²) in [6.45, 7) is 5.25. The molecular formula is C15H28N2O. The van der Waals surface area contributed by atoms with E-state index < -0.39 is 0 Å². The molecule has 0 aromatic heterocycles. The Bertz CT molecular complexity index is 252. The lowest BCUT2D eigenvalue weighted by molar-refractivity contribution is 0.0584. The van der Waals surface area contributed by atoms with E-state index in [0.29, 0.717) is 0 Å². The van der Waals surface area contributed by atoms with Gasteiger partial charge in [0, 0.05) is 38.4 Å². The van der Waals surface area contributed by atoms with E-state index in [-0.39, 0.29) is 5.54 Å². The highest BCUT2D eigenvalue weighted by atomic mass is 16.5. The maximum atomic E-state index is 6.20. The second-order valence-corrected chi connectivity index (χ2v) is 6.69. The van der Waals surface area contributed by atoms with Crippen LogP contribution in [0.15, 0.2) is 0 Å². The molecule has 0 bridgehead atoms. The van der Waals surface area contributed by atoms with Crippen LogP contribution in [0, 0.1) is 11.8 Å². The summed E-state index contributed by atoms with van der Waals surface area (Å²) in [6.07, 6.45) is 9.34. The van der Waals surface area contributed by atoms with E-state index in [9.17, 15) is 0 Å². The van der Waals surface area contributed by atoms with Crippen molar-refractivity contribution in [1.29, 1.82) is 0 Å². The quantitative estimate of drug-likeness (QED) is 0.786. The zero-order chi connectivity index (χ0) is 12.4. The van der Waals surface area contributed by atoms with Gasteiger partial charge in [-0.2, -0.15) is 0 Å². The lowest BCUT2D eigenvalue weighted by Gasteiger charge is -2.43. The van der Waals surface area contributed by atoms with Gasteiger partial charge in [-0.3, -0.25) is 4.90 Å². The van der Waals surface area contributed by atoms with Gasteiger partial charge in [-0.05, 0) is 56.8 Å². The molecule has 1 atom stereocenters. The summed E-state index contributed by atoms with van der Waals surface area (Å²) in [4.78, 5) is 2.77. The largest absolute Gasteiger partial charge is 0.381 e. The van der Waals surface area contributed by atoms with Crippen molar-refractivity contribution in [3.05, 3.63) is 0 Å². The van der Waals surface area contributed by atoms with Crippen molar-refractivity contribution in [2.45, 2.75) is 50.5 Å². The fraction of sp³-hybridized carbons (Fsp3) is 1.00. The van der Waals surface area contributed by atoms with Gasteiger partial charge in [-0.15, -0.1) is 0 Å². The van der Waals surface area contributed by atoms with Crippen LogP contribution in [0.1, 0.15) is 44.9 Å². The monoisotopic (exact) mass is 252 g/mol. The maximum absolute atomic E-state index is 6.20. The molecule has 1 heterocycles. The van der Waals surface area contributed by atoms with Crippen LogP contribution in [0.5, 0.6) is 0 Å². The maximum Gasteiger partial charge on any atom is 0.0484 e. The van der Waals surface area contributed by atoms with Gasteiger partial charge in [0.2, 0.25) is 0 Å². The Kier molecular flexibility index (Phi) is 3.92. The van der Waals surface area contributed by atoms with Gasteiger partial charge in [0.15, 0.2) is 0 Å². The summed E-state index contributed by atoms with van der Waals surface area (Å²) in [7, 11) is 0.